The van der Waals surface area contributed by atoms with E-state index in [2.05, 4.69) is 10.6 Å². The molecule has 0 saturated carbocycles. The molecule has 8 heteroatoms. The third-order valence-electron chi connectivity index (χ3n) is 4.09. The number of nitrogens with one attached hydrogen (secondary N) is 2. The van der Waals surface area contributed by atoms with E-state index in [1.54, 1.807) is 31.2 Å². The summed E-state index contributed by atoms with van der Waals surface area (Å²) in [6.45, 7) is 2.09. The van der Waals surface area contributed by atoms with Gasteiger partial charge in [-0.2, -0.15) is 0 Å². The molecule has 27 heavy (non-hydrogen) atoms. The fourth-order valence-electron chi connectivity index (χ4n) is 2.95. The molecule has 7 nitrogen and oxygen atoms in total. The molecule has 3 rings (SSSR count). The molecule has 0 radical (unpaired) electrons. The highest BCUT2D eigenvalue weighted by Gasteiger charge is 2.34. The Balaban J connectivity index is 2.20. The second kappa shape index (κ2) is 7.59. The smallest absolute Gasteiger partial charge is 0.320 e. The number of carbonyl (C=O) groups is 2. The van der Waals surface area contributed by atoms with Gasteiger partial charge in [0, 0.05) is 11.6 Å². The third kappa shape index (κ3) is 3.68. The minimum atomic E-state index is -0.904. The monoisotopic (exact) mass is 387 g/mol. The average molecular weight is 388 g/mol. The summed E-state index contributed by atoms with van der Waals surface area (Å²) in [6, 6.07) is 10.3. The first-order valence-electron chi connectivity index (χ1n) is 8.24. The summed E-state index contributed by atoms with van der Waals surface area (Å²) in [5.74, 6) is -0.665. The lowest BCUT2D eigenvalue weighted by Crippen LogP contribution is -2.46. The van der Waals surface area contributed by atoms with Gasteiger partial charge in [-0.05, 0) is 18.6 Å². The zero-order chi connectivity index (χ0) is 19.6. The number of halogens is 1. The summed E-state index contributed by atoms with van der Waals surface area (Å²) < 4.78 is 5.39. The minimum absolute atomic E-state index is 0.140. The van der Waals surface area contributed by atoms with Crippen molar-refractivity contribution < 1.29 is 19.4 Å². The fraction of sp³-hybridized carbons (Fsp3) is 0.158. The van der Waals surface area contributed by atoms with Gasteiger partial charge in [0.05, 0.1) is 28.9 Å². The third-order valence-corrected chi connectivity index (χ3v) is 4.42. The Labute approximate surface area is 160 Å². The molecule has 1 unspecified atom stereocenters. The molecule has 1 aliphatic rings. The number of phenols is 1. The van der Waals surface area contributed by atoms with Crippen molar-refractivity contribution in [3.63, 3.8) is 0 Å². The van der Waals surface area contributed by atoms with E-state index in [9.17, 15) is 14.7 Å². The van der Waals surface area contributed by atoms with Gasteiger partial charge in [-0.25, -0.2) is 4.79 Å². The Morgan fingerprint density at radius 1 is 1.30 bits per heavy atom. The topological polar surface area (TPSA) is 114 Å². The molecule has 0 fully saturated rings. The number of urea groups is 1. The standard InChI is InChI=1S/C19H18ClN3O4/c1-2-27-14-8-11(12(20)9-13(14)24)17-15(18(21)25)16(22-19(26)23-17)10-6-4-3-5-7-10/h3-9,17,24H,2H2,1H3,(H2,21,25)(H2,22,23,26). The SMILES string of the molecule is CCOc1cc(C2NC(=O)NC(c3ccccc3)=C2C(N)=O)c(Cl)cc1O. The summed E-state index contributed by atoms with van der Waals surface area (Å²) in [4.78, 5) is 24.5. The van der Waals surface area contributed by atoms with E-state index in [1.807, 2.05) is 6.07 Å². The van der Waals surface area contributed by atoms with Crippen LogP contribution in [-0.4, -0.2) is 23.7 Å². The maximum absolute atomic E-state index is 12.3. The second-order valence-electron chi connectivity index (χ2n) is 5.82. The van der Waals surface area contributed by atoms with Gasteiger partial charge in [0.15, 0.2) is 11.5 Å². The van der Waals surface area contributed by atoms with Crippen LogP contribution in [0.1, 0.15) is 24.1 Å². The first-order valence-corrected chi connectivity index (χ1v) is 8.62. The average Bonchev–Trinajstić information content (AvgIpc) is 2.63. The van der Waals surface area contributed by atoms with Crippen LogP contribution in [0.25, 0.3) is 5.70 Å². The van der Waals surface area contributed by atoms with Crippen molar-refractivity contribution in [2.45, 2.75) is 13.0 Å². The van der Waals surface area contributed by atoms with Gasteiger partial charge in [0.1, 0.15) is 0 Å². The van der Waals surface area contributed by atoms with Crippen molar-refractivity contribution in [3.8, 4) is 11.5 Å². The van der Waals surface area contributed by atoms with Gasteiger partial charge in [0.25, 0.3) is 0 Å². The molecule has 0 aromatic heterocycles. The number of hydrogen-bond donors (Lipinski definition) is 4. The highest BCUT2D eigenvalue weighted by Crippen LogP contribution is 2.39. The highest BCUT2D eigenvalue weighted by atomic mass is 35.5. The van der Waals surface area contributed by atoms with Crippen LogP contribution in [0.5, 0.6) is 11.5 Å². The number of primary amides is 1. The molecule has 3 amide bonds. The van der Waals surface area contributed by atoms with Crippen LogP contribution in [0.3, 0.4) is 0 Å². The Hall–Kier alpha value is -3.19. The zero-order valence-corrected chi connectivity index (χ0v) is 15.2. The van der Waals surface area contributed by atoms with Gasteiger partial charge in [-0.15, -0.1) is 0 Å². The predicted molar refractivity (Wildman–Crippen MR) is 101 cm³/mol. The second-order valence-corrected chi connectivity index (χ2v) is 6.23. The maximum atomic E-state index is 12.3. The van der Waals surface area contributed by atoms with Crippen LogP contribution < -0.4 is 21.1 Å². The lowest BCUT2D eigenvalue weighted by Gasteiger charge is -2.30. The van der Waals surface area contributed by atoms with Crippen LogP contribution in [0.4, 0.5) is 4.79 Å². The van der Waals surface area contributed by atoms with E-state index in [1.165, 1.54) is 12.1 Å². The predicted octanol–water partition coefficient (Wildman–Crippen LogP) is 2.69. The Morgan fingerprint density at radius 3 is 2.63 bits per heavy atom. The number of nitrogens with two attached hydrogens (primary N) is 1. The molecule has 2 aromatic carbocycles. The number of aromatic hydroxyl groups is 1. The first-order chi connectivity index (χ1) is 12.9. The summed E-state index contributed by atoms with van der Waals surface area (Å²) in [6.07, 6.45) is 0. The number of hydrogen-bond acceptors (Lipinski definition) is 4. The number of benzene rings is 2. The minimum Gasteiger partial charge on any atom is -0.504 e. The van der Waals surface area contributed by atoms with Gasteiger partial charge >= 0.3 is 6.03 Å². The van der Waals surface area contributed by atoms with Crippen LogP contribution in [-0.2, 0) is 4.79 Å². The van der Waals surface area contributed by atoms with E-state index in [0.29, 0.717) is 23.4 Å². The van der Waals surface area contributed by atoms with Crippen molar-refractivity contribution in [2.75, 3.05) is 6.61 Å². The molecular weight excluding hydrogens is 370 g/mol. The summed E-state index contributed by atoms with van der Waals surface area (Å²) >= 11 is 6.28. The highest BCUT2D eigenvalue weighted by molar-refractivity contribution is 6.31. The van der Waals surface area contributed by atoms with Crippen LogP contribution in [0, 0.1) is 0 Å². The van der Waals surface area contributed by atoms with E-state index < -0.39 is 18.0 Å². The number of carbonyl (C=O) groups excluding carboxylic acids is 2. The molecule has 0 saturated heterocycles. The van der Waals surface area contributed by atoms with Gasteiger partial charge in [-0.1, -0.05) is 41.9 Å². The summed E-state index contributed by atoms with van der Waals surface area (Å²) in [7, 11) is 0. The molecule has 1 aliphatic heterocycles. The summed E-state index contributed by atoms with van der Waals surface area (Å²) in [5, 5.41) is 15.5. The lowest BCUT2D eigenvalue weighted by atomic mass is 9.92. The van der Waals surface area contributed by atoms with Crippen molar-refractivity contribution >= 4 is 29.2 Å². The number of ether oxygens (including phenoxy) is 1. The Bertz CT molecular complexity index is 928. The summed E-state index contributed by atoms with van der Waals surface area (Å²) in [5.41, 5.74) is 7.10. The lowest BCUT2D eigenvalue weighted by molar-refractivity contribution is -0.114. The molecule has 140 valence electrons. The quantitative estimate of drug-likeness (QED) is 0.631. The fourth-order valence-corrected chi connectivity index (χ4v) is 3.21. The van der Waals surface area contributed by atoms with E-state index in [0.717, 1.165) is 0 Å². The van der Waals surface area contributed by atoms with Crippen molar-refractivity contribution in [3.05, 3.63) is 64.2 Å². The van der Waals surface area contributed by atoms with Crippen LogP contribution in [0.2, 0.25) is 5.02 Å². The van der Waals surface area contributed by atoms with Crippen molar-refractivity contribution in [1.29, 1.82) is 0 Å². The van der Waals surface area contributed by atoms with Crippen LogP contribution in [0.15, 0.2) is 48.0 Å². The largest absolute Gasteiger partial charge is 0.504 e. The Morgan fingerprint density at radius 2 is 2.00 bits per heavy atom. The van der Waals surface area contributed by atoms with Crippen LogP contribution >= 0.6 is 11.6 Å². The van der Waals surface area contributed by atoms with Crippen molar-refractivity contribution in [2.24, 2.45) is 5.73 Å². The van der Waals surface area contributed by atoms with Gasteiger partial charge in [0.2, 0.25) is 5.91 Å². The van der Waals surface area contributed by atoms with Crippen molar-refractivity contribution in [1.82, 2.24) is 10.6 Å². The normalized spacial score (nSPS) is 16.5. The Kier molecular flexibility index (Phi) is 5.23. The molecule has 0 bridgehead atoms. The molecule has 5 N–H and O–H groups in total. The zero-order valence-electron chi connectivity index (χ0n) is 14.5. The molecule has 2 aromatic rings. The molecule has 0 aliphatic carbocycles. The maximum Gasteiger partial charge on any atom is 0.320 e. The number of rotatable bonds is 5. The van der Waals surface area contributed by atoms with E-state index >= 15 is 0 Å². The molecule has 1 heterocycles. The van der Waals surface area contributed by atoms with E-state index in [-0.39, 0.29) is 22.1 Å². The number of amides is 3. The molecule has 1 atom stereocenters. The molecule has 0 spiro atoms. The van der Waals surface area contributed by atoms with Gasteiger partial charge in [-0.3, -0.25) is 4.79 Å². The van der Waals surface area contributed by atoms with E-state index in [4.69, 9.17) is 22.1 Å². The molecular formula is C19H18ClN3O4. The van der Waals surface area contributed by atoms with Gasteiger partial charge < -0.3 is 26.2 Å². The number of phenolic OH excluding ortho intramolecular Hbond substituents is 1. The first kappa shape index (κ1) is 18.6.